The molecule has 4 rings (SSSR count). The smallest absolute Gasteiger partial charge is 0.475 e. The van der Waals surface area contributed by atoms with Gasteiger partial charge in [0, 0.05) is 51.6 Å². The van der Waals surface area contributed by atoms with Gasteiger partial charge in [0.2, 0.25) is 5.88 Å². The molecule has 3 saturated heterocycles. The number of nitrogens with zero attached hydrogens (tertiary/aromatic N) is 2. The number of halogens is 4. The summed E-state index contributed by atoms with van der Waals surface area (Å²) in [5.74, 6) is -2.01. The monoisotopic (exact) mass is 450 g/mol. The summed E-state index contributed by atoms with van der Waals surface area (Å²) in [5, 5.41) is 7.12. The second-order valence-electron chi connectivity index (χ2n) is 8.03. The molecule has 11 heteroatoms. The third-order valence-electron chi connectivity index (χ3n) is 5.83. The number of alkyl halides is 3. The van der Waals surface area contributed by atoms with Crippen molar-refractivity contribution in [1.29, 1.82) is 0 Å². The predicted molar refractivity (Wildman–Crippen MR) is 100 cm³/mol. The number of hydrogen-bond acceptors (Lipinski definition) is 6. The summed E-state index contributed by atoms with van der Waals surface area (Å²) in [6.45, 7) is 6.09. The Balaban J connectivity index is 0.000000339. The fourth-order valence-electron chi connectivity index (χ4n) is 4.16. The molecule has 1 aromatic heterocycles. The van der Waals surface area contributed by atoms with Crippen LogP contribution in [0.5, 0.6) is 5.88 Å². The van der Waals surface area contributed by atoms with Gasteiger partial charge >= 0.3 is 12.1 Å². The highest BCUT2D eigenvalue weighted by molar-refractivity contribution is 5.73. The Morgan fingerprint density at radius 2 is 1.94 bits per heavy atom. The van der Waals surface area contributed by atoms with Crippen LogP contribution in [0.4, 0.5) is 17.6 Å². The van der Waals surface area contributed by atoms with E-state index in [1.165, 1.54) is 6.07 Å². The molecule has 4 heterocycles. The number of hydrogen-bond donors (Lipinski definition) is 1. The van der Waals surface area contributed by atoms with Crippen LogP contribution < -0.4 is 4.74 Å². The van der Waals surface area contributed by atoms with E-state index >= 15 is 0 Å². The quantitative estimate of drug-likeness (QED) is 0.691. The van der Waals surface area contributed by atoms with Gasteiger partial charge in [0.25, 0.3) is 0 Å². The summed E-state index contributed by atoms with van der Waals surface area (Å²) in [6, 6.07) is 2.95. The molecule has 31 heavy (non-hydrogen) atoms. The molecule has 1 aromatic rings. The largest absolute Gasteiger partial charge is 0.490 e. The predicted octanol–water partition coefficient (Wildman–Crippen LogP) is 2.75. The lowest BCUT2D eigenvalue weighted by Gasteiger charge is -2.51. The minimum atomic E-state index is -5.08. The van der Waals surface area contributed by atoms with Crippen LogP contribution >= 0.6 is 0 Å². The molecular weight excluding hydrogens is 424 g/mol. The fraction of sp³-hybridized carbons (Fsp3) is 0.700. The van der Waals surface area contributed by atoms with Gasteiger partial charge in [-0.1, -0.05) is 0 Å². The fourth-order valence-corrected chi connectivity index (χ4v) is 4.16. The first-order valence-corrected chi connectivity index (χ1v) is 10.2. The highest BCUT2D eigenvalue weighted by atomic mass is 19.4. The van der Waals surface area contributed by atoms with Crippen LogP contribution in [0.2, 0.25) is 0 Å². The molecule has 1 atom stereocenters. The Labute approximate surface area is 177 Å². The summed E-state index contributed by atoms with van der Waals surface area (Å²) in [6.07, 6.45) is -0.233. The normalized spacial score (nSPS) is 23.7. The Morgan fingerprint density at radius 3 is 2.55 bits per heavy atom. The highest BCUT2D eigenvalue weighted by Gasteiger charge is 2.53. The van der Waals surface area contributed by atoms with Gasteiger partial charge in [0.1, 0.15) is 0 Å². The third kappa shape index (κ3) is 6.27. The topological polar surface area (TPSA) is 81.1 Å². The number of ether oxygens (including phenoxy) is 3. The minimum Gasteiger partial charge on any atom is -0.475 e. The molecule has 3 aliphatic rings. The number of carboxylic acid groups (broad SMARTS) is 1. The molecule has 3 aliphatic heterocycles. The summed E-state index contributed by atoms with van der Waals surface area (Å²) < 4.78 is 62.5. The average Bonchev–Trinajstić information content (AvgIpc) is 3.11. The van der Waals surface area contributed by atoms with Gasteiger partial charge in [0.15, 0.2) is 5.82 Å². The molecule has 7 nitrogen and oxygen atoms in total. The number of carboxylic acids is 1. The summed E-state index contributed by atoms with van der Waals surface area (Å²) in [5.41, 5.74) is -0.101. The van der Waals surface area contributed by atoms with Gasteiger partial charge in [0.05, 0.1) is 12.2 Å². The highest BCUT2D eigenvalue weighted by Crippen LogP contribution is 2.40. The first kappa shape index (κ1) is 23.7. The lowest BCUT2D eigenvalue weighted by atomic mass is 9.80. The van der Waals surface area contributed by atoms with Gasteiger partial charge in [-0.3, -0.25) is 4.90 Å². The second-order valence-corrected chi connectivity index (χ2v) is 8.03. The van der Waals surface area contributed by atoms with Gasteiger partial charge in [-0.15, -0.1) is 0 Å². The van der Waals surface area contributed by atoms with E-state index in [9.17, 15) is 17.6 Å². The van der Waals surface area contributed by atoms with E-state index in [-0.39, 0.29) is 11.5 Å². The van der Waals surface area contributed by atoms with Crippen molar-refractivity contribution >= 4 is 5.97 Å². The standard InChI is InChI=1S/C18H25FN2O3.C2HF3O2/c19-16-2-1-6-20-17(16)23-11-15-5-9-24-18(15)12-21(13-18)10-14-3-7-22-8-4-14;3-2(4,5)1(6)7/h1-2,6,14-15H,3-5,7-13H2;(H,6,7). The number of pyridine rings is 1. The van der Waals surface area contributed by atoms with Crippen molar-refractivity contribution in [3.05, 3.63) is 24.1 Å². The third-order valence-corrected chi connectivity index (χ3v) is 5.83. The molecule has 0 aromatic carbocycles. The Bertz CT molecular complexity index is 737. The number of aromatic nitrogens is 1. The minimum absolute atomic E-state index is 0.0953. The zero-order chi connectivity index (χ0) is 22.5. The SMILES string of the molecule is Fc1cccnc1OCC1CCOC12CN(CC1CCOCC1)C2.O=C(O)C(F)(F)F. The molecule has 1 spiro atoms. The van der Waals surface area contributed by atoms with Crippen LogP contribution in [0.3, 0.4) is 0 Å². The van der Waals surface area contributed by atoms with Crippen molar-refractivity contribution in [3.8, 4) is 5.88 Å². The van der Waals surface area contributed by atoms with Gasteiger partial charge in [-0.05, 0) is 37.3 Å². The molecule has 0 bridgehead atoms. The molecule has 0 amide bonds. The van der Waals surface area contributed by atoms with E-state index < -0.39 is 18.0 Å². The maximum atomic E-state index is 13.6. The van der Waals surface area contributed by atoms with Gasteiger partial charge in [-0.2, -0.15) is 13.2 Å². The van der Waals surface area contributed by atoms with Crippen molar-refractivity contribution < 1.29 is 41.7 Å². The zero-order valence-corrected chi connectivity index (χ0v) is 16.9. The van der Waals surface area contributed by atoms with E-state index in [0.29, 0.717) is 12.5 Å². The van der Waals surface area contributed by atoms with Crippen molar-refractivity contribution in [1.82, 2.24) is 9.88 Å². The van der Waals surface area contributed by atoms with Crippen molar-refractivity contribution in [2.24, 2.45) is 11.8 Å². The van der Waals surface area contributed by atoms with Crippen LogP contribution in [-0.4, -0.2) is 78.8 Å². The maximum Gasteiger partial charge on any atom is 0.490 e. The molecule has 1 unspecified atom stereocenters. The molecule has 1 N–H and O–H groups in total. The van der Waals surface area contributed by atoms with Crippen LogP contribution in [0, 0.1) is 17.7 Å². The first-order valence-electron chi connectivity index (χ1n) is 10.2. The number of aliphatic carboxylic acids is 1. The van der Waals surface area contributed by atoms with Crippen LogP contribution in [0.25, 0.3) is 0 Å². The molecule has 3 fully saturated rings. The molecule has 174 valence electrons. The second kappa shape index (κ2) is 10.1. The van der Waals surface area contributed by atoms with E-state index in [1.54, 1.807) is 12.3 Å². The lowest BCUT2D eigenvalue weighted by Crippen LogP contribution is -2.66. The van der Waals surface area contributed by atoms with Crippen molar-refractivity contribution in [3.63, 3.8) is 0 Å². The van der Waals surface area contributed by atoms with E-state index in [1.807, 2.05) is 0 Å². The number of likely N-dealkylation sites (tertiary alicyclic amines) is 1. The molecular formula is C20H26F4N2O5. The molecule has 0 saturated carbocycles. The summed E-state index contributed by atoms with van der Waals surface area (Å²) in [7, 11) is 0. The number of carbonyl (C=O) groups is 1. The van der Waals surface area contributed by atoms with Gasteiger partial charge in [-0.25, -0.2) is 14.2 Å². The Morgan fingerprint density at radius 1 is 1.26 bits per heavy atom. The molecule has 0 aliphatic carbocycles. The Kier molecular flexibility index (Phi) is 7.71. The first-order chi connectivity index (χ1) is 14.7. The van der Waals surface area contributed by atoms with Gasteiger partial charge < -0.3 is 19.3 Å². The van der Waals surface area contributed by atoms with E-state index in [2.05, 4.69) is 9.88 Å². The van der Waals surface area contributed by atoms with Crippen molar-refractivity contribution in [2.75, 3.05) is 46.1 Å². The molecule has 0 radical (unpaired) electrons. The summed E-state index contributed by atoms with van der Waals surface area (Å²) >= 11 is 0. The summed E-state index contributed by atoms with van der Waals surface area (Å²) in [4.78, 5) is 15.3. The lowest BCUT2D eigenvalue weighted by molar-refractivity contribution is -0.192. The van der Waals surface area contributed by atoms with Crippen LogP contribution in [-0.2, 0) is 14.3 Å². The average molecular weight is 450 g/mol. The Hall–Kier alpha value is -1.98. The van der Waals surface area contributed by atoms with Crippen LogP contribution in [0.15, 0.2) is 18.3 Å². The maximum absolute atomic E-state index is 13.6. The van der Waals surface area contributed by atoms with Crippen molar-refractivity contribution in [2.45, 2.75) is 31.0 Å². The van der Waals surface area contributed by atoms with E-state index in [0.717, 1.165) is 64.6 Å². The van der Waals surface area contributed by atoms with E-state index in [4.69, 9.17) is 24.1 Å². The zero-order valence-electron chi connectivity index (χ0n) is 16.9. The number of rotatable bonds is 5. The van der Waals surface area contributed by atoms with Crippen LogP contribution in [0.1, 0.15) is 19.3 Å².